The summed E-state index contributed by atoms with van der Waals surface area (Å²) in [5.41, 5.74) is 2.98. The fourth-order valence-electron chi connectivity index (χ4n) is 2.77. The van der Waals surface area contributed by atoms with Crippen molar-refractivity contribution in [1.29, 1.82) is 0 Å². The Labute approximate surface area is 158 Å². The van der Waals surface area contributed by atoms with Gasteiger partial charge in [0.2, 0.25) is 5.91 Å². The second kappa shape index (κ2) is 7.13. The van der Waals surface area contributed by atoms with E-state index in [0.717, 1.165) is 11.1 Å². The molecule has 0 atom stereocenters. The van der Waals surface area contributed by atoms with E-state index in [4.69, 9.17) is 4.74 Å². The van der Waals surface area contributed by atoms with Crippen LogP contribution in [0.5, 0.6) is 0 Å². The molecule has 0 saturated heterocycles. The Morgan fingerprint density at radius 3 is 2.78 bits per heavy atom. The normalized spacial score (nSPS) is 12.4. The molecule has 0 radical (unpaired) electrons. The highest BCUT2D eigenvalue weighted by Gasteiger charge is 2.20. The molecule has 1 aliphatic rings. The third kappa shape index (κ3) is 3.63. The van der Waals surface area contributed by atoms with E-state index >= 15 is 0 Å². The van der Waals surface area contributed by atoms with E-state index in [1.165, 1.54) is 11.3 Å². The monoisotopic (exact) mass is 378 g/mol. The van der Waals surface area contributed by atoms with Gasteiger partial charge >= 0.3 is 5.97 Å². The zero-order chi connectivity index (χ0) is 18.8. The van der Waals surface area contributed by atoms with Crippen LogP contribution in [-0.2, 0) is 16.0 Å². The first kappa shape index (κ1) is 17.1. The van der Waals surface area contributed by atoms with Gasteiger partial charge in [-0.3, -0.25) is 9.59 Å². The molecule has 7 heteroatoms. The maximum Gasteiger partial charge on any atom is 0.358 e. The van der Waals surface area contributed by atoms with E-state index in [0.29, 0.717) is 16.3 Å². The zero-order valence-corrected chi connectivity index (χ0v) is 14.9. The molecule has 0 bridgehead atoms. The van der Waals surface area contributed by atoms with Gasteiger partial charge < -0.3 is 10.1 Å². The van der Waals surface area contributed by atoms with E-state index < -0.39 is 5.97 Å². The summed E-state index contributed by atoms with van der Waals surface area (Å²) in [4.78, 5) is 40.1. The number of ether oxygens (including phenoxy) is 1. The van der Waals surface area contributed by atoms with Crippen LogP contribution in [0.15, 0.2) is 53.9 Å². The number of amides is 1. The molecule has 2 aromatic carbocycles. The number of nitrogens with zero attached hydrogens (tertiary/aromatic N) is 1. The maximum atomic E-state index is 12.3. The molecule has 0 spiro atoms. The number of aromatic nitrogens is 1. The second-order valence-corrected chi connectivity index (χ2v) is 6.86. The van der Waals surface area contributed by atoms with Crippen LogP contribution in [0.2, 0.25) is 0 Å². The average Bonchev–Trinajstić information content (AvgIpc) is 3.32. The van der Waals surface area contributed by atoms with Gasteiger partial charge in [0.25, 0.3) is 0 Å². The molecular weight excluding hydrogens is 364 g/mol. The zero-order valence-electron chi connectivity index (χ0n) is 14.1. The van der Waals surface area contributed by atoms with Gasteiger partial charge in [0.05, 0.1) is 6.42 Å². The summed E-state index contributed by atoms with van der Waals surface area (Å²) < 4.78 is 5.11. The molecule has 134 valence electrons. The Hall–Kier alpha value is -3.32. The minimum Gasteiger partial charge on any atom is -0.453 e. The van der Waals surface area contributed by atoms with Gasteiger partial charge in [0.1, 0.15) is 5.01 Å². The van der Waals surface area contributed by atoms with E-state index in [-0.39, 0.29) is 30.4 Å². The largest absolute Gasteiger partial charge is 0.453 e. The highest BCUT2D eigenvalue weighted by atomic mass is 32.1. The number of Topliss-reactive ketones (excluding diaryl/α,β-unsaturated/α-hetero) is 1. The Balaban J connectivity index is 1.40. The molecule has 1 aromatic heterocycles. The number of carbonyl (C=O) groups excluding carboxylic acids is 3. The number of nitrogens with one attached hydrogen (secondary N) is 1. The lowest BCUT2D eigenvalue weighted by Crippen LogP contribution is -2.14. The number of carbonyl (C=O) groups is 3. The summed E-state index contributed by atoms with van der Waals surface area (Å²) in [5, 5.41) is 5.03. The Kier molecular flexibility index (Phi) is 4.52. The quantitative estimate of drug-likeness (QED) is 0.544. The highest BCUT2D eigenvalue weighted by molar-refractivity contribution is 7.13. The number of hydrogen-bond donors (Lipinski definition) is 1. The van der Waals surface area contributed by atoms with Crippen LogP contribution in [-0.4, -0.2) is 29.3 Å². The number of thiazole rings is 1. The van der Waals surface area contributed by atoms with Crippen molar-refractivity contribution in [3.8, 4) is 10.6 Å². The highest BCUT2D eigenvalue weighted by Crippen LogP contribution is 2.25. The Bertz CT molecular complexity index is 1040. The topological polar surface area (TPSA) is 85.4 Å². The molecule has 1 N–H and O–H groups in total. The molecule has 2 heterocycles. The third-order valence-electron chi connectivity index (χ3n) is 4.12. The number of benzene rings is 2. The first-order chi connectivity index (χ1) is 13.1. The predicted octanol–water partition coefficient (Wildman–Crippen LogP) is 3.34. The summed E-state index contributed by atoms with van der Waals surface area (Å²) in [6.07, 6.45) is 0.247. The van der Waals surface area contributed by atoms with Crippen molar-refractivity contribution < 1.29 is 19.1 Å². The fourth-order valence-corrected chi connectivity index (χ4v) is 3.57. The summed E-state index contributed by atoms with van der Waals surface area (Å²) >= 11 is 1.34. The fraction of sp³-hybridized carbons (Fsp3) is 0.100. The Morgan fingerprint density at radius 2 is 1.96 bits per heavy atom. The molecule has 1 amide bonds. The van der Waals surface area contributed by atoms with Crippen molar-refractivity contribution in [2.24, 2.45) is 0 Å². The van der Waals surface area contributed by atoms with Crippen LogP contribution in [0.25, 0.3) is 10.6 Å². The average molecular weight is 378 g/mol. The van der Waals surface area contributed by atoms with Gasteiger partial charge in [-0.15, -0.1) is 11.3 Å². The van der Waals surface area contributed by atoms with E-state index in [2.05, 4.69) is 10.3 Å². The lowest BCUT2D eigenvalue weighted by atomic mass is 10.1. The molecule has 0 saturated carbocycles. The van der Waals surface area contributed by atoms with Crippen molar-refractivity contribution in [3.05, 3.63) is 70.7 Å². The second-order valence-electron chi connectivity index (χ2n) is 6.00. The van der Waals surface area contributed by atoms with Gasteiger partial charge in [-0.2, -0.15) is 0 Å². The van der Waals surface area contributed by atoms with Crippen molar-refractivity contribution in [3.63, 3.8) is 0 Å². The predicted molar refractivity (Wildman–Crippen MR) is 101 cm³/mol. The smallest absolute Gasteiger partial charge is 0.358 e. The summed E-state index contributed by atoms with van der Waals surface area (Å²) in [5.74, 6) is -1.07. The number of fused-ring (bicyclic) bond motifs is 1. The summed E-state index contributed by atoms with van der Waals surface area (Å²) in [7, 11) is 0. The van der Waals surface area contributed by atoms with Crippen molar-refractivity contribution in [2.45, 2.75) is 6.42 Å². The first-order valence-electron chi connectivity index (χ1n) is 8.24. The molecule has 0 unspecified atom stereocenters. The van der Waals surface area contributed by atoms with Crippen LogP contribution in [0.3, 0.4) is 0 Å². The van der Waals surface area contributed by atoms with Crippen molar-refractivity contribution in [2.75, 3.05) is 11.9 Å². The van der Waals surface area contributed by atoms with Crippen LogP contribution in [0.4, 0.5) is 5.69 Å². The molecule has 0 fully saturated rings. The SMILES string of the molecule is O=C1Cc2cc(C(=O)COC(=O)c3csc(-c4ccccc4)n3)ccc2N1. The maximum absolute atomic E-state index is 12.3. The standard InChI is InChI=1S/C20H14N2O4S/c23-17(13-6-7-15-14(8-13)9-18(24)21-15)10-26-20(25)16-11-27-19(22-16)12-4-2-1-3-5-12/h1-8,11H,9-10H2,(H,21,24). The van der Waals surface area contributed by atoms with E-state index in [1.54, 1.807) is 23.6 Å². The first-order valence-corrected chi connectivity index (χ1v) is 9.12. The van der Waals surface area contributed by atoms with Crippen molar-refractivity contribution in [1.82, 2.24) is 4.98 Å². The molecule has 1 aliphatic heterocycles. The number of anilines is 1. The number of esters is 1. The van der Waals surface area contributed by atoms with Crippen LogP contribution in [0.1, 0.15) is 26.4 Å². The molecule has 27 heavy (non-hydrogen) atoms. The van der Waals surface area contributed by atoms with E-state index in [1.807, 2.05) is 30.3 Å². The summed E-state index contributed by atoms with van der Waals surface area (Å²) in [6, 6.07) is 14.5. The minimum atomic E-state index is -0.639. The minimum absolute atomic E-state index is 0.0984. The van der Waals surface area contributed by atoms with Gasteiger partial charge in [-0.05, 0) is 23.8 Å². The lowest BCUT2D eigenvalue weighted by molar-refractivity contribution is -0.115. The molecule has 3 aromatic rings. The van der Waals surface area contributed by atoms with Gasteiger partial charge in [0.15, 0.2) is 18.1 Å². The van der Waals surface area contributed by atoms with E-state index in [9.17, 15) is 14.4 Å². The van der Waals surface area contributed by atoms with Gasteiger partial charge in [-0.1, -0.05) is 30.3 Å². The molecule has 0 aliphatic carbocycles. The molecule has 6 nitrogen and oxygen atoms in total. The molecular formula is C20H14N2O4S. The van der Waals surface area contributed by atoms with Crippen molar-refractivity contribution >= 4 is 34.7 Å². The number of ketones is 1. The summed E-state index contributed by atoms with van der Waals surface area (Å²) in [6.45, 7) is -0.378. The number of rotatable bonds is 5. The lowest BCUT2D eigenvalue weighted by Gasteiger charge is -2.05. The Morgan fingerprint density at radius 1 is 1.15 bits per heavy atom. The van der Waals surface area contributed by atoms with Crippen LogP contribution >= 0.6 is 11.3 Å². The van der Waals surface area contributed by atoms with Gasteiger partial charge in [0, 0.05) is 22.2 Å². The van der Waals surface area contributed by atoms with Gasteiger partial charge in [-0.25, -0.2) is 9.78 Å². The molecule has 4 rings (SSSR count). The number of hydrogen-bond acceptors (Lipinski definition) is 6. The van der Waals surface area contributed by atoms with Crippen LogP contribution in [0, 0.1) is 0 Å². The third-order valence-corrected chi connectivity index (χ3v) is 5.01. The van der Waals surface area contributed by atoms with Crippen LogP contribution < -0.4 is 5.32 Å².